The first-order valence-electron chi connectivity index (χ1n) is 11.5. The molecule has 0 atom stereocenters. The first kappa shape index (κ1) is 23.8. The van der Waals surface area contributed by atoms with Crippen molar-refractivity contribution in [3.8, 4) is 11.5 Å². The lowest BCUT2D eigenvalue weighted by atomic mass is 10.0. The van der Waals surface area contributed by atoms with Crippen molar-refractivity contribution in [2.75, 3.05) is 30.4 Å². The fourth-order valence-corrected chi connectivity index (χ4v) is 3.96. The molecule has 4 rings (SSSR count). The third-order valence-electron chi connectivity index (χ3n) is 5.84. The Bertz CT molecular complexity index is 1360. The van der Waals surface area contributed by atoms with Crippen molar-refractivity contribution in [2.24, 2.45) is 10.2 Å². The Morgan fingerprint density at radius 1 is 0.943 bits per heavy atom. The van der Waals surface area contributed by atoms with E-state index in [1.54, 1.807) is 24.3 Å². The summed E-state index contributed by atoms with van der Waals surface area (Å²) in [4.78, 5) is 15.4. The summed E-state index contributed by atoms with van der Waals surface area (Å²) in [6.45, 7) is 6.06. The maximum atomic E-state index is 13.1. The van der Waals surface area contributed by atoms with Crippen LogP contribution in [0, 0.1) is 0 Å². The Morgan fingerprint density at radius 3 is 2.34 bits per heavy atom. The van der Waals surface area contributed by atoms with Gasteiger partial charge in [0.2, 0.25) is 0 Å². The molecule has 35 heavy (non-hydrogen) atoms. The minimum absolute atomic E-state index is 0.0976. The molecule has 0 aliphatic rings. The highest BCUT2D eigenvalue weighted by Crippen LogP contribution is 2.40. The van der Waals surface area contributed by atoms with Gasteiger partial charge in [-0.3, -0.25) is 4.79 Å². The molecular weight excluding hydrogens is 440 g/mol. The Morgan fingerprint density at radius 2 is 1.63 bits per heavy atom. The van der Waals surface area contributed by atoms with Crippen molar-refractivity contribution in [2.45, 2.75) is 13.8 Å². The van der Waals surface area contributed by atoms with E-state index in [0.29, 0.717) is 22.5 Å². The summed E-state index contributed by atoms with van der Waals surface area (Å²) < 4.78 is 5.32. The summed E-state index contributed by atoms with van der Waals surface area (Å²) in [5.74, 6) is -0.188. The second-order valence-electron chi connectivity index (χ2n) is 7.89. The number of azo groups is 1. The molecular formula is C28H28N4O3. The molecule has 1 amide bonds. The second kappa shape index (κ2) is 10.7. The highest BCUT2D eigenvalue weighted by molar-refractivity contribution is 6.12. The highest BCUT2D eigenvalue weighted by Gasteiger charge is 2.19. The number of methoxy groups -OCH3 is 1. The molecule has 4 aromatic rings. The van der Waals surface area contributed by atoms with E-state index in [2.05, 4.69) is 34.3 Å². The molecule has 7 heteroatoms. The summed E-state index contributed by atoms with van der Waals surface area (Å²) in [5.41, 5.74) is 2.59. The van der Waals surface area contributed by atoms with Gasteiger partial charge < -0.3 is 20.1 Å². The number of amides is 1. The van der Waals surface area contributed by atoms with Crippen molar-refractivity contribution in [1.82, 2.24) is 0 Å². The molecule has 0 saturated carbocycles. The lowest BCUT2D eigenvalue weighted by Crippen LogP contribution is -2.21. The molecule has 0 aliphatic carbocycles. The Labute approximate surface area is 204 Å². The first-order chi connectivity index (χ1) is 17.0. The van der Waals surface area contributed by atoms with Crippen LogP contribution in [0.5, 0.6) is 11.5 Å². The van der Waals surface area contributed by atoms with E-state index in [-0.39, 0.29) is 17.0 Å². The molecule has 0 bridgehead atoms. The van der Waals surface area contributed by atoms with E-state index in [9.17, 15) is 9.90 Å². The van der Waals surface area contributed by atoms with Crippen LogP contribution in [0.1, 0.15) is 24.2 Å². The molecule has 0 aliphatic heterocycles. The number of aromatic hydroxyl groups is 1. The van der Waals surface area contributed by atoms with Gasteiger partial charge >= 0.3 is 0 Å². The van der Waals surface area contributed by atoms with Crippen LogP contribution in [0.25, 0.3) is 10.8 Å². The number of rotatable bonds is 8. The molecule has 2 N–H and O–H groups in total. The number of benzene rings is 4. The molecule has 0 fully saturated rings. The number of hydrogen-bond donors (Lipinski definition) is 2. The monoisotopic (exact) mass is 468 g/mol. The zero-order valence-corrected chi connectivity index (χ0v) is 20.0. The molecule has 7 nitrogen and oxygen atoms in total. The highest BCUT2D eigenvalue weighted by atomic mass is 16.5. The minimum Gasteiger partial charge on any atom is -0.505 e. The first-order valence-corrected chi connectivity index (χ1v) is 11.5. The van der Waals surface area contributed by atoms with E-state index in [0.717, 1.165) is 24.2 Å². The average Bonchev–Trinajstić information content (AvgIpc) is 2.89. The number of fused-ring (bicyclic) bond motifs is 1. The molecule has 4 aromatic carbocycles. The lowest BCUT2D eigenvalue weighted by molar-refractivity contribution is 0.102. The standard InChI is InChI=1S/C28H28N4O3/c1-4-32(5-2)21-16-14-20(15-17-21)30-31-26-22-11-7-6-10-19(22)18-23(27(26)33)28(34)29-24-12-8-9-13-25(24)35-3/h6-18,33H,4-5H2,1-3H3,(H,29,34). The van der Waals surface area contributed by atoms with Crippen molar-refractivity contribution in [3.05, 3.63) is 84.4 Å². The Balaban J connectivity index is 1.70. The van der Waals surface area contributed by atoms with Crippen LogP contribution in [-0.2, 0) is 0 Å². The number of phenols is 1. The number of hydrogen-bond acceptors (Lipinski definition) is 6. The molecule has 0 aromatic heterocycles. The maximum absolute atomic E-state index is 13.1. The normalized spacial score (nSPS) is 11.1. The second-order valence-corrected chi connectivity index (χ2v) is 7.89. The summed E-state index contributed by atoms with van der Waals surface area (Å²) in [6.07, 6.45) is 0. The lowest BCUT2D eigenvalue weighted by Gasteiger charge is -2.20. The Hall–Kier alpha value is -4.39. The van der Waals surface area contributed by atoms with Crippen LogP contribution in [0.4, 0.5) is 22.7 Å². The zero-order chi connectivity index (χ0) is 24.8. The van der Waals surface area contributed by atoms with Crippen molar-refractivity contribution >= 4 is 39.4 Å². The van der Waals surface area contributed by atoms with Crippen LogP contribution >= 0.6 is 0 Å². The van der Waals surface area contributed by atoms with Gasteiger partial charge in [-0.15, -0.1) is 5.11 Å². The van der Waals surface area contributed by atoms with Crippen molar-refractivity contribution in [3.63, 3.8) is 0 Å². The number of phenolic OH excluding ortho intramolecular Hbond substituents is 1. The number of carbonyl (C=O) groups is 1. The van der Waals surface area contributed by atoms with Crippen LogP contribution in [0.3, 0.4) is 0 Å². The number of ether oxygens (including phenoxy) is 1. The van der Waals surface area contributed by atoms with Gasteiger partial charge in [0.1, 0.15) is 11.4 Å². The summed E-state index contributed by atoms with van der Waals surface area (Å²) >= 11 is 0. The number of anilines is 2. The average molecular weight is 469 g/mol. The molecule has 0 spiro atoms. The smallest absolute Gasteiger partial charge is 0.259 e. The quantitative estimate of drug-likeness (QED) is 0.271. The van der Waals surface area contributed by atoms with E-state index in [1.807, 2.05) is 54.6 Å². The third-order valence-corrected chi connectivity index (χ3v) is 5.84. The van der Waals surface area contributed by atoms with Crippen LogP contribution in [0.15, 0.2) is 89.1 Å². The zero-order valence-electron chi connectivity index (χ0n) is 20.0. The van der Waals surface area contributed by atoms with Crippen molar-refractivity contribution in [1.29, 1.82) is 0 Å². The molecule has 0 saturated heterocycles. The molecule has 0 unspecified atom stereocenters. The minimum atomic E-state index is -0.474. The number of nitrogens with one attached hydrogen (secondary N) is 1. The van der Waals surface area contributed by atoms with Crippen LogP contribution in [0.2, 0.25) is 0 Å². The predicted octanol–water partition coefficient (Wildman–Crippen LogP) is 7.07. The van der Waals surface area contributed by atoms with Gasteiger partial charge in [-0.25, -0.2) is 0 Å². The van der Waals surface area contributed by atoms with Gasteiger partial charge in [0.05, 0.1) is 24.0 Å². The number of carbonyl (C=O) groups excluding carboxylic acids is 1. The summed E-state index contributed by atoms with van der Waals surface area (Å²) in [5, 5.41) is 24.0. The van der Waals surface area contributed by atoms with E-state index >= 15 is 0 Å². The van der Waals surface area contributed by atoms with E-state index in [1.165, 1.54) is 7.11 Å². The third kappa shape index (κ3) is 5.09. The van der Waals surface area contributed by atoms with Crippen LogP contribution < -0.4 is 15.0 Å². The molecule has 0 heterocycles. The van der Waals surface area contributed by atoms with Gasteiger partial charge in [0.25, 0.3) is 5.91 Å². The Kier molecular flexibility index (Phi) is 7.26. The summed E-state index contributed by atoms with van der Waals surface area (Å²) in [6, 6.07) is 23.9. The topological polar surface area (TPSA) is 86.5 Å². The van der Waals surface area contributed by atoms with Gasteiger partial charge in [0.15, 0.2) is 5.75 Å². The molecule has 0 radical (unpaired) electrons. The van der Waals surface area contributed by atoms with Crippen LogP contribution in [-0.4, -0.2) is 31.2 Å². The molecule has 178 valence electrons. The van der Waals surface area contributed by atoms with Crippen molar-refractivity contribution < 1.29 is 14.6 Å². The fraction of sp³-hybridized carbons (Fsp3) is 0.179. The van der Waals surface area contributed by atoms with E-state index in [4.69, 9.17) is 4.74 Å². The maximum Gasteiger partial charge on any atom is 0.259 e. The van der Waals surface area contributed by atoms with E-state index < -0.39 is 5.91 Å². The predicted molar refractivity (Wildman–Crippen MR) is 141 cm³/mol. The van der Waals surface area contributed by atoms with Gasteiger partial charge in [-0.1, -0.05) is 36.4 Å². The largest absolute Gasteiger partial charge is 0.505 e. The van der Waals surface area contributed by atoms with Gasteiger partial charge in [0, 0.05) is 24.2 Å². The fourth-order valence-electron chi connectivity index (χ4n) is 3.96. The number of nitrogens with zero attached hydrogens (tertiary/aromatic N) is 3. The van der Waals surface area contributed by atoms with Gasteiger partial charge in [-0.05, 0) is 61.7 Å². The van der Waals surface area contributed by atoms with Gasteiger partial charge in [-0.2, -0.15) is 5.11 Å². The summed E-state index contributed by atoms with van der Waals surface area (Å²) in [7, 11) is 1.53. The number of para-hydroxylation sites is 2. The SMILES string of the molecule is CCN(CC)c1ccc(N=Nc2c(O)c(C(=O)Nc3ccccc3OC)cc3ccccc23)cc1.